The van der Waals surface area contributed by atoms with E-state index in [4.69, 9.17) is 13.5 Å². The second-order valence-electron chi connectivity index (χ2n) is 10.7. The van der Waals surface area contributed by atoms with Gasteiger partial charge in [0.05, 0.1) is 18.1 Å². The zero-order valence-electron chi connectivity index (χ0n) is 24.6. The van der Waals surface area contributed by atoms with E-state index in [0.29, 0.717) is 18.8 Å². The van der Waals surface area contributed by atoms with Gasteiger partial charge in [0.25, 0.3) is 0 Å². The molecule has 3 aliphatic rings. The van der Waals surface area contributed by atoms with Crippen molar-refractivity contribution in [2.45, 2.75) is 77.4 Å². The molecule has 0 saturated carbocycles. The lowest BCUT2D eigenvalue weighted by molar-refractivity contribution is -0.161. The van der Waals surface area contributed by atoms with Gasteiger partial charge in [0.1, 0.15) is 23.6 Å². The number of fused-ring (bicyclic) bond motifs is 1. The molecule has 3 unspecified atom stereocenters. The van der Waals surface area contributed by atoms with Crippen molar-refractivity contribution in [3.05, 3.63) is 11.3 Å². The summed E-state index contributed by atoms with van der Waals surface area (Å²) in [6, 6.07) is 2.98. The molecule has 2 saturated heterocycles. The summed E-state index contributed by atoms with van der Waals surface area (Å²) in [6.07, 6.45) is 0.268. The molecular formula is C23H45B2N5O6P2Si. The molecule has 0 spiro atoms. The van der Waals surface area contributed by atoms with Gasteiger partial charge in [-0.25, -0.2) is 9.59 Å². The highest BCUT2D eigenvalue weighted by Crippen LogP contribution is 2.49. The predicted molar refractivity (Wildman–Crippen MR) is 163 cm³/mol. The van der Waals surface area contributed by atoms with Gasteiger partial charge in [-0.05, 0) is 37.0 Å². The first-order chi connectivity index (χ1) is 18.6. The highest BCUT2D eigenvalue weighted by Gasteiger charge is 2.61. The van der Waals surface area contributed by atoms with Crippen LogP contribution in [-0.2, 0) is 23.1 Å². The summed E-state index contributed by atoms with van der Waals surface area (Å²) in [5.41, 5.74) is 1.32. The Balaban J connectivity index is 1.78. The number of amides is 2. The summed E-state index contributed by atoms with van der Waals surface area (Å²) in [7, 11) is 3.05. The average Bonchev–Trinajstić information content (AvgIpc) is 3.50. The molecule has 39 heavy (non-hydrogen) atoms. The van der Waals surface area contributed by atoms with Gasteiger partial charge in [-0.2, -0.15) is 0 Å². The van der Waals surface area contributed by atoms with Crippen molar-refractivity contribution in [1.29, 1.82) is 0 Å². The molecule has 3 heterocycles. The molecule has 2 N–H and O–H groups in total. The second kappa shape index (κ2) is 14.3. The van der Waals surface area contributed by atoms with E-state index in [2.05, 4.69) is 42.6 Å². The summed E-state index contributed by atoms with van der Waals surface area (Å²) >= 11 is 0. The first-order valence-corrected chi connectivity index (χ1v) is 18.4. The van der Waals surface area contributed by atoms with Crippen LogP contribution >= 0.6 is 17.9 Å². The summed E-state index contributed by atoms with van der Waals surface area (Å²) in [5, 5.41) is 0. The van der Waals surface area contributed by atoms with E-state index < -0.39 is 14.3 Å². The number of β-lactam (4-membered cyclic amide) rings is 1. The van der Waals surface area contributed by atoms with Crippen LogP contribution in [0, 0.1) is 11.8 Å². The lowest BCUT2D eigenvalue weighted by Gasteiger charge is -2.49. The van der Waals surface area contributed by atoms with Crippen LogP contribution in [-0.4, -0.2) is 102 Å². The molecule has 0 bridgehead atoms. The number of hydrogen-bond acceptors (Lipinski definition) is 9. The largest absolute Gasteiger partial charge is 0.428 e. The van der Waals surface area contributed by atoms with Crippen LogP contribution in [0.15, 0.2) is 11.3 Å². The molecule has 0 aromatic rings. The van der Waals surface area contributed by atoms with Crippen molar-refractivity contribution in [3.63, 3.8) is 0 Å². The molecule has 0 aromatic carbocycles. The summed E-state index contributed by atoms with van der Waals surface area (Å²) in [6.45, 7) is 12.7. The SMILES string of the molecule is BNPOC(=O)C1=C(CN2CC[C@H](N(C)C(=O)OPNB)C2)[C@H](C)[C@@H]2C([C@@H](C)O[Si](CC)(CC)CC)C(=O)N12. The first kappa shape index (κ1) is 32.5. The molecule has 0 radical (unpaired) electrons. The lowest BCUT2D eigenvalue weighted by atomic mass is 9.77. The number of carbonyl (C=O) groups is 3. The fraction of sp³-hybridized carbons (Fsp3) is 0.783. The van der Waals surface area contributed by atoms with Crippen molar-refractivity contribution in [3.8, 4) is 0 Å². The van der Waals surface area contributed by atoms with E-state index in [1.165, 1.54) is 0 Å². The van der Waals surface area contributed by atoms with Crippen molar-refractivity contribution in [2.75, 3.05) is 26.7 Å². The summed E-state index contributed by atoms with van der Waals surface area (Å²) in [4.78, 5) is 50.5. The van der Waals surface area contributed by atoms with Crippen molar-refractivity contribution >= 4 is 60.2 Å². The van der Waals surface area contributed by atoms with Crippen LogP contribution in [0.1, 0.15) is 41.0 Å². The topological polar surface area (TPSA) is 113 Å². The van der Waals surface area contributed by atoms with Crippen LogP contribution < -0.4 is 10.00 Å². The normalized spacial score (nSPS) is 26.5. The molecule has 2 amide bonds. The maximum atomic E-state index is 13.6. The monoisotopic (exact) mass is 599 g/mol. The van der Waals surface area contributed by atoms with Crippen LogP contribution in [0.4, 0.5) is 4.79 Å². The van der Waals surface area contributed by atoms with Crippen LogP contribution in [0.3, 0.4) is 0 Å². The molecule has 3 rings (SSSR count). The average molecular weight is 599 g/mol. The summed E-state index contributed by atoms with van der Waals surface area (Å²) in [5.74, 6) is -0.786. The molecule has 11 nitrogen and oxygen atoms in total. The third-order valence-corrected chi connectivity index (χ3v) is 14.5. The molecule has 2 fully saturated rings. The molecule has 3 aliphatic heterocycles. The Labute approximate surface area is 239 Å². The van der Waals surface area contributed by atoms with E-state index in [1.807, 2.05) is 6.92 Å². The summed E-state index contributed by atoms with van der Waals surface area (Å²) < 4.78 is 17.4. The fourth-order valence-electron chi connectivity index (χ4n) is 6.27. The van der Waals surface area contributed by atoms with Crippen molar-refractivity contribution in [2.24, 2.45) is 11.8 Å². The standard InChI is InChI=1S/C23H45B2N5O6P2Si/c1-7-39(8-2,9-3)36-15(5)18-19-14(4)17(20(30(19)21(18)31)22(32)34-37-26-24)13-29-11-10-16(12-29)28(6)23(33)35-38-27-25/h14-16,18-19,26-27,37-38H,7-13,24-25H2,1-6H3/t14-,15+,16-,18?,19+/m0/s1. The third kappa shape index (κ3) is 6.74. The Morgan fingerprint density at radius 1 is 1.15 bits per heavy atom. The number of nitrogens with zero attached hydrogens (tertiary/aromatic N) is 3. The second-order valence-corrected chi connectivity index (χ2v) is 17.2. The first-order valence-electron chi connectivity index (χ1n) is 14.0. The molecule has 7 atom stereocenters. The van der Waals surface area contributed by atoms with E-state index in [9.17, 15) is 14.4 Å². The van der Waals surface area contributed by atoms with E-state index in [0.717, 1.165) is 36.7 Å². The van der Waals surface area contributed by atoms with Crippen LogP contribution in [0.2, 0.25) is 18.1 Å². The Hall–Kier alpha value is -1.00. The minimum Gasteiger partial charge on any atom is -0.428 e. The van der Waals surface area contributed by atoms with Gasteiger partial charge in [0.2, 0.25) is 5.91 Å². The number of nitrogens with one attached hydrogen (secondary N) is 2. The molecule has 218 valence electrons. The minimum atomic E-state index is -1.90. The zero-order chi connectivity index (χ0) is 28.9. The molecular weight excluding hydrogens is 554 g/mol. The number of rotatable bonds is 14. The Morgan fingerprint density at radius 3 is 2.36 bits per heavy atom. The van der Waals surface area contributed by atoms with Crippen molar-refractivity contribution < 1.29 is 27.9 Å². The van der Waals surface area contributed by atoms with E-state index in [1.54, 1.807) is 32.8 Å². The van der Waals surface area contributed by atoms with E-state index >= 15 is 0 Å². The van der Waals surface area contributed by atoms with Crippen molar-refractivity contribution in [1.82, 2.24) is 24.7 Å². The van der Waals surface area contributed by atoms with Crippen LogP contribution in [0.5, 0.6) is 0 Å². The maximum absolute atomic E-state index is 13.6. The lowest BCUT2D eigenvalue weighted by Crippen LogP contribution is -2.65. The van der Waals surface area contributed by atoms with Gasteiger partial charge in [0.15, 0.2) is 24.3 Å². The Morgan fingerprint density at radius 2 is 1.77 bits per heavy atom. The zero-order valence-corrected chi connectivity index (χ0v) is 27.6. The maximum Gasteiger partial charge on any atom is 0.413 e. The number of likely N-dealkylation sites (tertiary alicyclic amines) is 1. The van der Waals surface area contributed by atoms with Gasteiger partial charge in [-0.3, -0.25) is 9.69 Å². The predicted octanol–water partition coefficient (Wildman–Crippen LogP) is 1.11. The third-order valence-electron chi connectivity index (χ3n) is 8.83. The Kier molecular flexibility index (Phi) is 11.9. The smallest absolute Gasteiger partial charge is 0.413 e. The number of carbonyl (C=O) groups excluding carboxylic acids is 3. The number of hydrogen-bond donors (Lipinski definition) is 2. The fourth-order valence-corrected chi connectivity index (χ4v) is 9.83. The van der Waals surface area contributed by atoms with Gasteiger partial charge in [0, 0.05) is 38.6 Å². The van der Waals surface area contributed by atoms with Gasteiger partial charge < -0.3 is 33.3 Å². The molecule has 16 heteroatoms. The van der Waals surface area contributed by atoms with Gasteiger partial charge >= 0.3 is 12.1 Å². The molecule has 0 aliphatic carbocycles. The van der Waals surface area contributed by atoms with Gasteiger partial charge in [-0.15, -0.1) is 0 Å². The highest BCUT2D eigenvalue weighted by molar-refractivity contribution is 7.32. The molecule has 0 aromatic heterocycles. The van der Waals surface area contributed by atoms with Crippen LogP contribution in [0.25, 0.3) is 0 Å². The quantitative estimate of drug-likeness (QED) is 0.172. The minimum absolute atomic E-state index is 0.00117. The number of likely N-dealkylation sites (N-methyl/N-ethyl adjacent to an activating group) is 1. The van der Waals surface area contributed by atoms with Gasteiger partial charge in [-0.1, -0.05) is 27.7 Å². The highest BCUT2D eigenvalue weighted by atomic mass is 31.1. The van der Waals surface area contributed by atoms with E-state index in [-0.39, 0.29) is 59.9 Å². The Bertz CT molecular complexity index is 940.